The zero-order valence-corrected chi connectivity index (χ0v) is 10.6. The number of hydrogen-bond donors (Lipinski definition) is 1. The van der Waals surface area contributed by atoms with Gasteiger partial charge < -0.3 is 4.74 Å². The maximum atomic E-state index is 5.85. The topological polar surface area (TPSA) is 24.5 Å². The highest BCUT2D eigenvalue weighted by Crippen LogP contribution is 2.20. The van der Waals surface area contributed by atoms with Crippen molar-refractivity contribution in [2.24, 2.45) is 5.92 Å². The molecule has 2 aliphatic rings. The fraction of sp³-hybridized carbons (Fsp3) is 1.00. The van der Waals surface area contributed by atoms with Crippen molar-refractivity contribution in [3.05, 3.63) is 0 Å². The number of rotatable bonds is 1. The number of nitrogens with one attached hydrogen (secondary N) is 1. The minimum atomic E-state index is 0. The molecular formula is C11H23ClN2O. The normalized spacial score (nSPS) is 38.4. The number of piperidine rings is 1. The highest BCUT2D eigenvalue weighted by Gasteiger charge is 2.30. The van der Waals surface area contributed by atoms with Gasteiger partial charge in [-0.3, -0.25) is 10.2 Å². The average molecular weight is 235 g/mol. The minimum absolute atomic E-state index is 0. The second kappa shape index (κ2) is 6.04. The Morgan fingerprint density at radius 3 is 2.73 bits per heavy atom. The molecule has 0 radical (unpaired) electrons. The largest absolute Gasteiger partial charge is 0.361 e. The second-order valence-electron chi connectivity index (χ2n) is 4.81. The van der Waals surface area contributed by atoms with Crippen molar-refractivity contribution >= 4 is 12.4 Å². The van der Waals surface area contributed by atoms with Crippen molar-refractivity contribution < 1.29 is 4.74 Å². The van der Waals surface area contributed by atoms with Crippen LogP contribution in [0.2, 0.25) is 0 Å². The zero-order chi connectivity index (χ0) is 9.97. The van der Waals surface area contributed by atoms with E-state index in [0.717, 1.165) is 13.2 Å². The standard InChI is InChI=1S/C11H22N2O.ClH/c1-9-7-12-11(14-8-9)10-5-3-4-6-13(10)2;/h9-12H,3-8H2,1-2H3;1H. The van der Waals surface area contributed by atoms with Crippen LogP contribution in [0.3, 0.4) is 0 Å². The van der Waals surface area contributed by atoms with Crippen LogP contribution in [0.15, 0.2) is 0 Å². The van der Waals surface area contributed by atoms with Gasteiger partial charge in [0.25, 0.3) is 0 Å². The summed E-state index contributed by atoms with van der Waals surface area (Å²) in [5.41, 5.74) is 0. The van der Waals surface area contributed by atoms with Crippen LogP contribution in [0.5, 0.6) is 0 Å². The van der Waals surface area contributed by atoms with Gasteiger partial charge in [0, 0.05) is 12.6 Å². The predicted molar refractivity (Wildman–Crippen MR) is 64.4 cm³/mol. The van der Waals surface area contributed by atoms with Gasteiger partial charge in [0.05, 0.1) is 6.61 Å². The van der Waals surface area contributed by atoms with E-state index in [1.165, 1.54) is 25.8 Å². The molecule has 2 rings (SSSR count). The monoisotopic (exact) mass is 234 g/mol. The van der Waals surface area contributed by atoms with Crippen LogP contribution >= 0.6 is 12.4 Å². The van der Waals surface area contributed by atoms with Gasteiger partial charge >= 0.3 is 0 Å². The molecule has 90 valence electrons. The Hall–Kier alpha value is 0.170. The Morgan fingerprint density at radius 1 is 1.33 bits per heavy atom. The van der Waals surface area contributed by atoms with E-state index in [-0.39, 0.29) is 18.6 Å². The fourth-order valence-corrected chi connectivity index (χ4v) is 2.43. The Balaban J connectivity index is 0.00000112. The third-order valence-electron chi connectivity index (χ3n) is 3.40. The second-order valence-corrected chi connectivity index (χ2v) is 4.81. The van der Waals surface area contributed by atoms with E-state index in [4.69, 9.17) is 4.74 Å². The summed E-state index contributed by atoms with van der Waals surface area (Å²) in [5.74, 6) is 0.667. The van der Waals surface area contributed by atoms with E-state index in [1.807, 2.05) is 0 Å². The summed E-state index contributed by atoms with van der Waals surface area (Å²) < 4.78 is 5.85. The lowest BCUT2D eigenvalue weighted by Crippen LogP contribution is -2.55. The van der Waals surface area contributed by atoms with Crippen LogP contribution in [0, 0.1) is 5.92 Å². The summed E-state index contributed by atoms with van der Waals surface area (Å²) in [5, 5.41) is 3.51. The van der Waals surface area contributed by atoms with Gasteiger partial charge in [-0.15, -0.1) is 12.4 Å². The maximum absolute atomic E-state index is 5.85. The SMILES string of the molecule is CC1CNC(C2CCCCN2C)OC1.Cl. The van der Waals surface area contributed by atoms with Crippen molar-refractivity contribution in [1.82, 2.24) is 10.2 Å². The Morgan fingerprint density at radius 2 is 2.13 bits per heavy atom. The highest BCUT2D eigenvalue weighted by atomic mass is 35.5. The molecule has 0 aromatic rings. The van der Waals surface area contributed by atoms with Crippen LogP contribution in [0.4, 0.5) is 0 Å². The van der Waals surface area contributed by atoms with Gasteiger partial charge in [-0.2, -0.15) is 0 Å². The molecule has 0 aromatic carbocycles. The average Bonchev–Trinajstić information content (AvgIpc) is 2.20. The number of nitrogens with zero attached hydrogens (tertiary/aromatic N) is 1. The number of ether oxygens (including phenoxy) is 1. The first kappa shape index (κ1) is 13.2. The minimum Gasteiger partial charge on any atom is -0.361 e. The van der Waals surface area contributed by atoms with E-state index in [2.05, 4.69) is 24.2 Å². The number of hydrogen-bond acceptors (Lipinski definition) is 3. The fourth-order valence-electron chi connectivity index (χ4n) is 2.43. The van der Waals surface area contributed by atoms with Crippen molar-refractivity contribution in [2.45, 2.75) is 38.5 Å². The molecule has 4 heteroatoms. The highest BCUT2D eigenvalue weighted by molar-refractivity contribution is 5.85. The molecule has 15 heavy (non-hydrogen) atoms. The van der Waals surface area contributed by atoms with Gasteiger partial charge in [0.2, 0.25) is 0 Å². The van der Waals surface area contributed by atoms with Gasteiger partial charge in [0.15, 0.2) is 0 Å². The summed E-state index contributed by atoms with van der Waals surface area (Å²) in [7, 11) is 2.22. The van der Waals surface area contributed by atoms with Gasteiger partial charge in [-0.05, 0) is 32.4 Å². The number of likely N-dealkylation sites (N-methyl/N-ethyl adjacent to an activating group) is 1. The molecule has 3 unspecified atom stereocenters. The molecule has 0 bridgehead atoms. The number of halogens is 1. The quantitative estimate of drug-likeness (QED) is 0.744. The van der Waals surface area contributed by atoms with Crippen LogP contribution in [0.1, 0.15) is 26.2 Å². The summed E-state index contributed by atoms with van der Waals surface area (Å²) in [6.45, 7) is 5.48. The van der Waals surface area contributed by atoms with E-state index in [0.29, 0.717) is 12.0 Å². The molecule has 0 aliphatic carbocycles. The van der Waals surface area contributed by atoms with E-state index < -0.39 is 0 Å². The molecule has 0 saturated carbocycles. The smallest absolute Gasteiger partial charge is 0.123 e. The molecule has 2 fully saturated rings. The molecule has 0 spiro atoms. The van der Waals surface area contributed by atoms with Crippen molar-refractivity contribution in [1.29, 1.82) is 0 Å². The lowest BCUT2D eigenvalue weighted by atomic mass is 10.00. The molecule has 3 nitrogen and oxygen atoms in total. The number of likely N-dealkylation sites (tertiary alicyclic amines) is 1. The van der Waals surface area contributed by atoms with Crippen LogP contribution < -0.4 is 5.32 Å². The Bertz CT molecular complexity index is 183. The van der Waals surface area contributed by atoms with Gasteiger partial charge in [-0.25, -0.2) is 0 Å². The van der Waals surface area contributed by atoms with Crippen molar-refractivity contribution in [2.75, 3.05) is 26.7 Å². The molecule has 0 aromatic heterocycles. The maximum Gasteiger partial charge on any atom is 0.123 e. The van der Waals surface area contributed by atoms with E-state index in [1.54, 1.807) is 0 Å². The molecular weight excluding hydrogens is 212 g/mol. The van der Waals surface area contributed by atoms with Crippen molar-refractivity contribution in [3.8, 4) is 0 Å². The van der Waals surface area contributed by atoms with E-state index in [9.17, 15) is 0 Å². The van der Waals surface area contributed by atoms with Crippen LogP contribution in [-0.4, -0.2) is 43.9 Å². The van der Waals surface area contributed by atoms with Gasteiger partial charge in [0.1, 0.15) is 6.23 Å². The van der Waals surface area contributed by atoms with Crippen LogP contribution in [-0.2, 0) is 4.74 Å². The summed E-state index contributed by atoms with van der Waals surface area (Å²) in [6.07, 6.45) is 4.25. The predicted octanol–water partition coefficient (Wildman–Crippen LogP) is 1.47. The Kier molecular flexibility index (Phi) is 5.33. The van der Waals surface area contributed by atoms with E-state index >= 15 is 0 Å². The molecule has 2 saturated heterocycles. The first-order valence-electron chi connectivity index (χ1n) is 5.82. The molecule has 1 N–H and O–H groups in total. The summed E-state index contributed by atoms with van der Waals surface area (Å²) >= 11 is 0. The molecule has 3 atom stereocenters. The lowest BCUT2D eigenvalue weighted by molar-refractivity contribution is -0.0757. The Labute approximate surface area is 99.0 Å². The van der Waals surface area contributed by atoms with Gasteiger partial charge in [-0.1, -0.05) is 13.3 Å². The third kappa shape index (κ3) is 3.31. The van der Waals surface area contributed by atoms with Crippen molar-refractivity contribution in [3.63, 3.8) is 0 Å². The summed E-state index contributed by atoms with van der Waals surface area (Å²) in [6, 6.07) is 0.594. The zero-order valence-electron chi connectivity index (χ0n) is 9.74. The molecule has 0 amide bonds. The molecule has 2 aliphatic heterocycles. The lowest BCUT2D eigenvalue weighted by Gasteiger charge is -2.41. The first-order chi connectivity index (χ1) is 6.77. The third-order valence-corrected chi connectivity index (χ3v) is 3.40. The summed E-state index contributed by atoms with van der Waals surface area (Å²) in [4.78, 5) is 2.44. The molecule has 2 heterocycles. The first-order valence-corrected chi connectivity index (χ1v) is 5.82. The van der Waals surface area contributed by atoms with Crippen LogP contribution in [0.25, 0.3) is 0 Å².